The molecule has 48 heavy (non-hydrogen) atoms. The van der Waals surface area contributed by atoms with Crippen LogP contribution < -0.4 is 9.47 Å². The average molecular weight is 659 g/mol. The standard InChI is InChI=1S/C35H30O13/c1-20(36)41-16-29-31-32(46-18-43-29)30(44-19-45-31)17-42-33(38)21-5-10-27(11-6-21)47-34(39)22-7-12-28(13-8-22)48-35(40)25-3-2-24-15-26(37)9-4-23(24)14-25/h2-15,29-32,37H,16-19H2,1H3. The molecule has 1 N–H and O–H groups in total. The summed E-state index contributed by atoms with van der Waals surface area (Å²) in [5.74, 6) is -1.75. The van der Waals surface area contributed by atoms with Crippen LogP contribution in [-0.4, -0.2) is 80.2 Å². The summed E-state index contributed by atoms with van der Waals surface area (Å²) >= 11 is 0. The first-order chi connectivity index (χ1) is 23.2. The molecule has 2 saturated heterocycles. The van der Waals surface area contributed by atoms with E-state index in [1.165, 1.54) is 61.5 Å². The van der Waals surface area contributed by atoms with Gasteiger partial charge in [-0.15, -0.1) is 0 Å². The van der Waals surface area contributed by atoms with Gasteiger partial charge in [0, 0.05) is 6.92 Å². The minimum absolute atomic E-state index is 0.00889. The molecule has 0 radical (unpaired) electrons. The average Bonchev–Trinajstić information content (AvgIpc) is 3.10. The zero-order chi connectivity index (χ0) is 33.6. The Bertz CT molecular complexity index is 1800. The number of benzene rings is 4. The number of aromatic hydroxyl groups is 1. The number of hydrogen-bond acceptors (Lipinski definition) is 13. The van der Waals surface area contributed by atoms with Crippen molar-refractivity contribution in [1.82, 2.24) is 0 Å². The van der Waals surface area contributed by atoms with Crippen molar-refractivity contribution in [2.24, 2.45) is 0 Å². The third-order valence-electron chi connectivity index (χ3n) is 7.63. The number of phenolic OH excluding ortho intramolecular Hbond substituents is 1. The lowest BCUT2D eigenvalue weighted by atomic mass is 10.0. The summed E-state index contributed by atoms with van der Waals surface area (Å²) in [5.41, 5.74) is 0.757. The molecule has 248 valence electrons. The van der Waals surface area contributed by atoms with Crippen LogP contribution in [0.25, 0.3) is 10.8 Å². The maximum Gasteiger partial charge on any atom is 0.343 e. The Morgan fingerprint density at radius 2 is 1.08 bits per heavy atom. The van der Waals surface area contributed by atoms with Crippen LogP contribution in [0.3, 0.4) is 0 Å². The minimum atomic E-state index is -0.657. The largest absolute Gasteiger partial charge is 0.508 e. The topological polar surface area (TPSA) is 162 Å². The van der Waals surface area contributed by atoms with Crippen molar-refractivity contribution in [3.8, 4) is 17.2 Å². The normalized spacial score (nSPS) is 20.3. The van der Waals surface area contributed by atoms with E-state index >= 15 is 0 Å². The molecule has 13 nitrogen and oxygen atoms in total. The summed E-state index contributed by atoms with van der Waals surface area (Å²) in [6, 6.07) is 21.5. The van der Waals surface area contributed by atoms with Gasteiger partial charge in [-0.05, 0) is 83.6 Å². The molecule has 0 bridgehead atoms. The van der Waals surface area contributed by atoms with Gasteiger partial charge < -0.3 is 43.0 Å². The van der Waals surface area contributed by atoms with Crippen molar-refractivity contribution in [2.75, 3.05) is 26.8 Å². The molecular formula is C35H30O13. The number of carbonyl (C=O) groups is 4. The smallest absolute Gasteiger partial charge is 0.343 e. The molecule has 4 aromatic rings. The predicted molar refractivity (Wildman–Crippen MR) is 165 cm³/mol. The molecule has 0 aromatic heterocycles. The molecule has 4 unspecified atom stereocenters. The Hall–Kier alpha value is -5.34. The van der Waals surface area contributed by atoms with E-state index in [1.54, 1.807) is 30.3 Å². The van der Waals surface area contributed by atoms with Crippen molar-refractivity contribution in [2.45, 2.75) is 31.3 Å². The van der Waals surface area contributed by atoms with Crippen LogP contribution in [0.2, 0.25) is 0 Å². The molecule has 13 heteroatoms. The summed E-state index contributed by atoms with van der Waals surface area (Å²) in [6.45, 7) is 1.01. The number of carbonyl (C=O) groups excluding carboxylic acids is 4. The summed E-state index contributed by atoms with van der Waals surface area (Å²) in [7, 11) is 0. The number of hydrogen-bond donors (Lipinski definition) is 1. The molecule has 2 heterocycles. The molecule has 4 atom stereocenters. The Labute approximate surface area is 273 Å². The van der Waals surface area contributed by atoms with Gasteiger partial charge in [-0.2, -0.15) is 0 Å². The Morgan fingerprint density at radius 3 is 1.67 bits per heavy atom. The van der Waals surface area contributed by atoms with Crippen LogP contribution in [0.4, 0.5) is 0 Å². The lowest BCUT2D eigenvalue weighted by Crippen LogP contribution is -2.59. The molecule has 0 spiro atoms. The van der Waals surface area contributed by atoms with Gasteiger partial charge in [0.15, 0.2) is 0 Å². The second kappa shape index (κ2) is 14.6. The third kappa shape index (κ3) is 7.78. The van der Waals surface area contributed by atoms with E-state index in [0.29, 0.717) is 5.56 Å². The van der Waals surface area contributed by atoms with Gasteiger partial charge in [0.2, 0.25) is 0 Å². The first-order valence-electron chi connectivity index (χ1n) is 14.9. The van der Waals surface area contributed by atoms with E-state index in [1.807, 2.05) is 0 Å². The van der Waals surface area contributed by atoms with Gasteiger partial charge in [0.1, 0.15) is 68.5 Å². The van der Waals surface area contributed by atoms with Crippen molar-refractivity contribution >= 4 is 34.6 Å². The maximum atomic E-state index is 12.7. The van der Waals surface area contributed by atoms with Crippen molar-refractivity contribution in [3.63, 3.8) is 0 Å². The highest BCUT2D eigenvalue weighted by Gasteiger charge is 2.45. The van der Waals surface area contributed by atoms with Crippen LogP contribution in [0.5, 0.6) is 17.2 Å². The molecule has 0 saturated carbocycles. The van der Waals surface area contributed by atoms with Crippen LogP contribution >= 0.6 is 0 Å². The molecule has 4 aromatic carbocycles. The molecule has 2 fully saturated rings. The molecule has 6 rings (SSSR count). The lowest BCUT2D eigenvalue weighted by Gasteiger charge is -2.43. The number of rotatable bonds is 9. The van der Waals surface area contributed by atoms with E-state index < -0.39 is 48.3 Å². The quantitative estimate of drug-likeness (QED) is 0.201. The summed E-state index contributed by atoms with van der Waals surface area (Å²) < 4.78 is 43.7. The van der Waals surface area contributed by atoms with Crippen molar-refractivity contribution < 1.29 is 62.2 Å². The molecule has 2 aliphatic heterocycles. The van der Waals surface area contributed by atoms with Gasteiger partial charge in [-0.1, -0.05) is 12.1 Å². The number of esters is 4. The van der Waals surface area contributed by atoms with E-state index in [4.69, 9.17) is 37.9 Å². The van der Waals surface area contributed by atoms with E-state index in [0.717, 1.165) is 10.8 Å². The lowest BCUT2D eigenvalue weighted by molar-refractivity contribution is -0.328. The van der Waals surface area contributed by atoms with Crippen LogP contribution in [0, 0.1) is 0 Å². The highest BCUT2D eigenvalue weighted by molar-refractivity contribution is 5.97. The first-order valence-corrected chi connectivity index (χ1v) is 14.9. The SMILES string of the molecule is CC(=O)OCC1OCOC2C(COC(=O)c3ccc(OC(=O)c4ccc(OC(=O)c5ccc6cc(O)ccc6c5)cc4)cc3)OCOC12. The molecule has 2 aliphatic rings. The van der Waals surface area contributed by atoms with E-state index in [9.17, 15) is 24.3 Å². The fraction of sp³-hybridized carbons (Fsp3) is 0.257. The highest BCUT2D eigenvalue weighted by atomic mass is 16.8. The van der Waals surface area contributed by atoms with Crippen LogP contribution in [-0.2, 0) is 33.2 Å². The number of phenols is 1. The van der Waals surface area contributed by atoms with Crippen molar-refractivity contribution in [1.29, 1.82) is 0 Å². The second-order valence-corrected chi connectivity index (χ2v) is 10.9. The summed E-state index contributed by atoms with van der Waals surface area (Å²) in [4.78, 5) is 49.3. The Kier molecular flexibility index (Phi) is 9.92. The van der Waals surface area contributed by atoms with E-state index in [-0.39, 0.29) is 55.2 Å². The third-order valence-corrected chi connectivity index (χ3v) is 7.63. The fourth-order valence-corrected chi connectivity index (χ4v) is 5.16. The predicted octanol–water partition coefficient (Wildman–Crippen LogP) is 4.19. The summed E-state index contributed by atoms with van der Waals surface area (Å²) in [5, 5.41) is 11.2. The fourth-order valence-electron chi connectivity index (χ4n) is 5.16. The zero-order valence-electron chi connectivity index (χ0n) is 25.6. The second-order valence-electron chi connectivity index (χ2n) is 10.9. The molecule has 0 amide bonds. The van der Waals surface area contributed by atoms with Crippen LogP contribution in [0.1, 0.15) is 38.0 Å². The highest BCUT2D eigenvalue weighted by Crippen LogP contribution is 2.27. The Balaban J connectivity index is 0.986. The van der Waals surface area contributed by atoms with Gasteiger partial charge >= 0.3 is 23.9 Å². The molecular weight excluding hydrogens is 628 g/mol. The van der Waals surface area contributed by atoms with Gasteiger partial charge in [0.05, 0.1) is 16.7 Å². The van der Waals surface area contributed by atoms with Gasteiger partial charge in [0.25, 0.3) is 0 Å². The van der Waals surface area contributed by atoms with Crippen LogP contribution in [0.15, 0.2) is 84.9 Å². The van der Waals surface area contributed by atoms with Gasteiger partial charge in [-0.25, -0.2) is 14.4 Å². The summed E-state index contributed by atoms with van der Waals surface area (Å²) in [6.07, 6.45) is -2.38. The van der Waals surface area contributed by atoms with E-state index in [2.05, 4.69) is 0 Å². The minimum Gasteiger partial charge on any atom is -0.508 e. The zero-order valence-corrected chi connectivity index (χ0v) is 25.6. The number of fused-ring (bicyclic) bond motifs is 2. The molecule has 0 aliphatic carbocycles. The maximum absolute atomic E-state index is 12.7. The van der Waals surface area contributed by atoms with Crippen molar-refractivity contribution in [3.05, 3.63) is 102 Å². The monoisotopic (exact) mass is 658 g/mol. The number of ether oxygens (including phenoxy) is 8. The first kappa shape index (κ1) is 32.6. The Morgan fingerprint density at radius 1 is 0.604 bits per heavy atom. The van der Waals surface area contributed by atoms with Gasteiger partial charge in [-0.3, -0.25) is 4.79 Å².